The number of carbonyl (C=O) groups is 2. The van der Waals surface area contributed by atoms with Gasteiger partial charge >= 0.3 is 5.97 Å². The van der Waals surface area contributed by atoms with E-state index >= 15 is 0 Å². The molecule has 0 atom stereocenters. The SMILES string of the molecule is CCOC(=O)c1ccc(NC(=O)c2cnc(NCc3cccnc3)nc2)cc1. The lowest BCUT2D eigenvalue weighted by molar-refractivity contribution is 0.0526. The Balaban J connectivity index is 1.56. The van der Waals surface area contributed by atoms with Crippen LogP contribution in [0.25, 0.3) is 0 Å². The van der Waals surface area contributed by atoms with Gasteiger partial charge in [-0.1, -0.05) is 6.07 Å². The molecule has 2 N–H and O–H groups in total. The van der Waals surface area contributed by atoms with Crippen LogP contribution in [-0.2, 0) is 11.3 Å². The zero-order chi connectivity index (χ0) is 19.8. The summed E-state index contributed by atoms with van der Waals surface area (Å²) in [5.41, 5.74) is 2.30. The number of carbonyl (C=O) groups excluding carboxylic acids is 2. The lowest BCUT2D eigenvalue weighted by Gasteiger charge is -2.07. The minimum atomic E-state index is -0.400. The highest BCUT2D eigenvalue weighted by molar-refractivity contribution is 6.04. The number of esters is 1. The summed E-state index contributed by atoms with van der Waals surface area (Å²) < 4.78 is 4.93. The molecule has 1 aromatic carbocycles. The van der Waals surface area contributed by atoms with Crippen molar-refractivity contribution < 1.29 is 14.3 Å². The highest BCUT2D eigenvalue weighted by atomic mass is 16.5. The minimum Gasteiger partial charge on any atom is -0.462 e. The van der Waals surface area contributed by atoms with E-state index in [4.69, 9.17) is 4.74 Å². The predicted molar refractivity (Wildman–Crippen MR) is 104 cm³/mol. The Bertz CT molecular complexity index is 928. The first-order valence-corrected chi connectivity index (χ1v) is 8.69. The number of aromatic nitrogens is 3. The molecular weight excluding hydrogens is 358 g/mol. The lowest BCUT2D eigenvalue weighted by Crippen LogP contribution is -2.13. The topological polar surface area (TPSA) is 106 Å². The van der Waals surface area contributed by atoms with Crippen molar-refractivity contribution in [2.45, 2.75) is 13.5 Å². The number of nitrogens with zero attached hydrogens (tertiary/aromatic N) is 3. The summed E-state index contributed by atoms with van der Waals surface area (Å²) in [6.45, 7) is 2.59. The molecule has 2 heterocycles. The van der Waals surface area contributed by atoms with Gasteiger partial charge in [-0.3, -0.25) is 9.78 Å². The zero-order valence-corrected chi connectivity index (χ0v) is 15.3. The number of hydrogen-bond acceptors (Lipinski definition) is 7. The number of pyridine rings is 1. The first kappa shape index (κ1) is 19.0. The second-order valence-electron chi connectivity index (χ2n) is 5.76. The summed E-state index contributed by atoms with van der Waals surface area (Å²) in [6, 6.07) is 10.2. The Morgan fingerprint density at radius 3 is 2.39 bits per heavy atom. The molecule has 0 bridgehead atoms. The maximum absolute atomic E-state index is 12.3. The second kappa shape index (κ2) is 9.22. The molecule has 0 radical (unpaired) electrons. The molecule has 0 aliphatic heterocycles. The van der Waals surface area contributed by atoms with Gasteiger partial charge in [-0.05, 0) is 42.8 Å². The molecule has 0 spiro atoms. The summed E-state index contributed by atoms with van der Waals surface area (Å²) in [7, 11) is 0. The average molecular weight is 377 g/mol. The largest absolute Gasteiger partial charge is 0.462 e. The van der Waals surface area contributed by atoms with Crippen LogP contribution in [0.4, 0.5) is 11.6 Å². The Morgan fingerprint density at radius 1 is 1.00 bits per heavy atom. The van der Waals surface area contributed by atoms with E-state index in [-0.39, 0.29) is 5.91 Å². The lowest BCUT2D eigenvalue weighted by atomic mass is 10.2. The first-order valence-electron chi connectivity index (χ1n) is 8.69. The summed E-state index contributed by atoms with van der Waals surface area (Å²) in [6.07, 6.45) is 6.35. The molecule has 3 aromatic rings. The van der Waals surface area contributed by atoms with E-state index in [0.29, 0.717) is 35.9 Å². The zero-order valence-electron chi connectivity index (χ0n) is 15.3. The summed E-state index contributed by atoms with van der Waals surface area (Å²) in [5.74, 6) is -0.329. The van der Waals surface area contributed by atoms with Gasteiger partial charge in [0.05, 0.1) is 17.7 Å². The van der Waals surface area contributed by atoms with E-state index in [1.807, 2.05) is 12.1 Å². The minimum absolute atomic E-state index is 0.310. The van der Waals surface area contributed by atoms with Gasteiger partial charge in [0.15, 0.2) is 0 Å². The molecule has 142 valence electrons. The maximum Gasteiger partial charge on any atom is 0.338 e. The molecule has 0 saturated heterocycles. The van der Waals surface area contributed by atoms with Gasteiger partial charge in [0.1, 0.15) is 0 Å². The molecular formula is C20H19N5O3. The van der Waals surface area contributed by atoms with Crippen LogP contribution in [0.1, 0.15) is 33.2 Å². The van der Waals surface area contributed by atoms with Crippen LogP contribution in [0.15, 0.2) is 61.2 Å². The van der Waals surface area contributed by atoms with Crippen LogP contribution in [-0.4, -0.2) is 33.4 Å². The van der Waals surface area contributed by atoms with Gasteiger partial charge in [-0.15, -0.1) is 0 Å². The number of hydrogen-bond donors (Lipinski definition) is 2. The van der Waals surface area contributed by atoms with Gasteiger partial charge in [0.25, 0.3) is 5.91 Å². The Hall–Kier alpha value is -3.81. The van der Waals surface area contributed by atoms with Crippen molar-refractivity contribution in [1.29, 1.82) is 0 Å². The van der Waals surface area contributed by atoms with Gasteiger partial charge in [-0.25, -0.2) is 14.8 Å². The molecule has 28 heavy (non-hydrogen) atoms. The Labute approximate surface area is 162 Å². The van der Waals surface area contributed by atoms with Crippen molar-refractivity contribution in [3.05, 3.63) is 77.9 Å². The van der Waals surface area contributed by atoms with Crippen LogP contribution in [0.3, 0.4) is 0 Å². The Morgan fingerprint density at radius 2 is 1.75 bits per heavy atom. The van der Waals surface area contributed by atoms with Crippen molar-refractivity contribution >= 4 is 23.5 Å². The molecule has 0 fully saturated rings. The van der Waals surface area contributed by atoms with Gasteiger partial charge in [0.2, 0.25) is 5.95 Å². The summed E-state index contributed by atoms with van der Waals surface area (Å²) >= 11 is 0. The molecule has 3 rings (SSSR count). The van der Waals surface area contributed by atoms with E-state index in [1.54, 1.807) is 43.6 Å². The number of amides is 1. The number of rotatable bonds is 7. The van der Waals surface area contributed by atoms with E-state index in [2.05, 4.69) is 25.6 Å². The number of anilines is 2. The number of nitrogens with one attached hydrogen (secondary N) is 2. The fraction of sp³-hybridized carbons (Fsp3) is 0.150. The molecule has 0 aliphatic rings. The van der Waals surface area contributed by atoms with Crippen LogP contribution in [0.5, 0.6) is 0 Å². The van der Waals surface area contributed by atoms with Crippen LogP contribution in [0, 0.1) is 0 Å². The monoisotopic (exact) mass is 377 g/mol. The van der Waals surface area contributed by atoms with Crippen molar-refractivity contribution in [3.63, 3.8) is 0 Å². The fourth-order valence-electron chi connectivity index (χ4n) is 2.33. The normalized spacial score (nSPS) is 10.2. The van der Waals surface area contributed by atoms with Crippen LogP contribution < -0.4 is 10.6 Å². The van der Waals surface area contributed by atoms with E-state index in [1.165, 1.54) is 12.4 Å². The van der Waals surface area contributed by atoms with E-state index < -0.39 is 5.97 Å². The number of benzene rings is 1. The third kappa shape index (κ3) is 5.10. The molecule has 1 amide bonds. The molecule has 8 heteroatoms. The molecule has 2 aromatic heterocycles. The molecule has 0 unspecified atom stereocenters. The third-order valence-electron chi connectivity index (χ3n) is 3.74. The van der Waals surface area contributed by atoms with Gasteiger partial charge in [-0.2, -0.15) is 0 Å². The fourth-order valence-corrected chi connectivity index (χ4v) is 2.33. The van der Waals surface area contributed by atoms with Crippen molar-refractivity contribution in [3.8, 4) is 0 Å². The maximum atomic E-state index is 12.3. The highest BCUT2D eigenvalue weighted by Crippen LogP contribution is 2.12. The van der Waals surface area contributed by atoms with Crippen molar-refractivity contribution in [2.75, 3.05) is 17.2 Å². The Kier molecular flexibility index (Phi) is 6.25. The summed E-state index contributed by atoms with van der Waals surface area (Å²) in [4.78, 5) is 36.3. The quantitative estimate of drug-likeness (QED) is 0.610. The smallest absolute Gasteiger partial charge is 0.338 e. The van der Waals surface area contributed by atoms with E-state index in [0.717, 1.165) is 5.56 Å². The standard InChI is InChI=1S/C20H19N5O3/c1-2-28-19(27)15-5-7-17(8-6-15)25-18(26)16-12-23-20(24-13-16)22-11-14-4-3-9-21-10-14/h3-10,12-13H,2,11H2,1H3,(H,25,26)(H,22,23,24). The van der Waals surface area contributed by atoms with Gasteiger partial charge in [0, 0.05) is 37.0 Å². The predicted octanol–water partition coefficient (Wildman–Crippen LogP) is 2.91. The molecule has 0 saturated carbocycles. The summed E-state index contributed by atoms with van der Waals surface area (Å²) in [5, 5.41) is 5.80. The molecule has 0 aliphatic carbocycles. The van der Waals surface area contributed by atoms with E-state index in [9.17, 15) is 9.59 Å². The second-order valence-corrected chi connectivity index (χ2v) is 5.76. The van der Waals surface area contributed by atoms with Crippen LogP contribution >= 0.6 is 0 Å². The average Bonchev–Trinajstić information content (AvgIpc) is 2.74. The first-order chi connectivity index (χ1) is 13.7. The number of ether oxygens (including phenoxy) is 1. The van der Waals surface area contributed by atoms with Crippen molar-refractivity contribution in [1.82, 2.24) is 15.0 Å². The third-order valence-corrected chi connectivity index (χ3v) is 3.74. The van der Waals surface area contributed by atoms with Gasteiger partial charge < -0.3 is 15.4 Å². The van der Waals surface area contributed by atoms with Crippen LogP contribution in [0.2, 0.25) is 0 Å². The molecule has 8 nitrogen and oxygen atoms in total. The highest BCUT2D eigenvalue weighted by Gasteiger charge is 2.10. The van der Waals surface area contributed by atoms with Crippen molar-refractivity contribution in [2.24, 2.45) is 0 Å².